The first-order valence-electron chi connectivity index (χ1n) is 4.54. The second-order valence-corrected chi connectivity index (χ2v) is 3.24. The van der Waals surface area contributed by atoms with Gasteiger partial charge in [0.15, 0.2) is 0 Å². The summed E-state index contributed by atoms with van der Waals surface area (Å²) in [5.41, 5.74) is 1.03. The molecule has 1 aromatic heterocycles. The highest BCUT2D eigenvalue weighted by Gasteiger charge is 1.98. The molecule has 0 aromatic carbocycles. The summed E-state index contributed by atoms with van der Waals surface area (Å²) in [5, 5.41) is 12.0. The van der Waals surface area contributed by atoms with Gasteiger partial charge in [0, 0.05) is 25.9 Å². The molecule has 0 saturated carbocycles. The minimum absolute atomic E-state index is 0.231. The van der Waals surface area contributed by atoms with Crippen molar-refractivity contribution in [3.8, 4) is 0 Å². The monoisotopic (exact) mass is 180 g/mol. The van der Waals surface area contributed by atoms with Crippen molar-refractivity contribution in [1.29, 1.82) is 0 Å². The number of hydrogen-bond donors (Lipinski definition) is 2. The van der Waals surface area contributed by atoms with E-state index in [4.69, 9.17) is 5.11 Å². The van der Waals surface area contributed by atoms with Crippen molar-refractivity contribution >= 4 is 0 Å². The minimum Gasteiger partial charge on any atom is -0.396 e. The molecule has 1 unspecified atom stereocenters. The summed E-state index contributed by atoms with van der Waals surface area (Å²) in [6.45, 7) is 3.83. The van der Waals surface area contributed by atoms with Gasteiger partial charge in [0.25, 0.3) is 0 Å². The molecule has 0 fully saturated rings. The molecule has 13 heavy (non-hydrogen) atoms. The van der Waals surface area contributed by atoms with Gasteiger partial charge in [0.1, 0.15) is 0 Å². The lowest BCUT2D eigenvalue weighted by Gasteiger charge is -2.08. The summed E-state index contributed by atoms with van der Waals surface area (Å²) in [6.07, 6.45) is 1.78. The van der Waals surface area contributed by atoms with Crippen LogP contribution < -0.4 is 5.32 Å². The fourth-order valence-corrected chi connectivity index (χ4v) is 1.01. The Morgan fingerprint density at radius 1 is 1.54 bits per heavy atom. The highest BCUT2D eigenvalue weighted by Crippen LogP contribution is 1.94. The van der Waals surface area contributed by atoms with Gasteiger partial charge in [-0.25, -0.2) is 0 Å². The van der Waals surface area contributed by atoms with Crippen molar-refractivity contribution in [2.45, 2.75) is 13.5 Å². The largest absolute Gasteiger partial charge is 0.396 e. The zero-order chi connectivity index (χ0) is 9.52. The maximum atomic E-state index is 8.78. The molecule has 2 N–H and O–H groups in total. The number of pyridine rings is 1. The third-order valence-electron chi connectivity index (χ3n) is 1.84. The lowest BCUT2D eigenvalue weighted by molar-refractivity contribution is 0.233. The summed E-state index contributed by atoms with van der Waals surface area (Å²) in [6, 6.07) is 5.86. The summed E-state index contributed by atoms with van der Waals surface area (Å²) in [5.74, 6) is 0.309. The van der Waals surface area contributed by atoms with Gasteiger partial charge in [-0.2, -0.15) is 0 Å². The Labute approximate surface area is 78.8 Å². The molecule has 3 heteroatoms. The maximum Gasteiger partial charge on any atom is 0.0541 e. The Hall–Kier alpha value is -0.930. The number of rotatable bonds is 5. The second-order valence-electron chi connectivity index (χ2n) is 3.24. The first-order chi connectivity index (χ1) is 6.33. The van der Waals surface area contributed by atoms with Gasteiger partial charge in [-0.1, -0.05) is 13.0 Å². The smallest absolute Gasteiger partial charge is 0.0541 e. The van der Waals surface area contributed by atoms with Crippen LogP contribution in [-0.2, 0) is 6.54 Å². The van der Waals surface area contributed by atoms with E-state index < -0.39 is 0 Å². The highest BCUT2D eigenvalue weighted by molar-refractivity contribution is 5.02. The Kier molecular flexibility index (Phi) is 4.43. The summed E-state index contributed by atoms with van der Waals surface area (Å²) >= 11 is 0. The van der Waals surface area contributed by atoms with Crippen LogP contribution in [0.5, 0.6) is 0 Å². The quantitative estimate of drug-likeness (QED) is 0.704. The van der Waals surface area contributed by atoms with Gasteiger partial charge in [-0.05, 0) is 18.1 Å². The molecule has 0 aliphatic rings. The molecule has 0 radical (unpaired) electrons. The van der Waals surface area contributed by atoms with E-state index in [9.17, 15) is 0 Å². The normalized spacial score (nSPS) is 12.8. The second kappa shape index (κ2) is 5.67. The van der Waals surface area contributed by atoms with E-state index in [0.717, 1.165) is 18.8 Å². The SMILES string of the molecule is CC(CO)CNCc1ccccn1. The van der Waals surface area contributed by atoms with E-state index >= 15 is 0 Å². The Bertz CT molecular complexity index is 226. The number of hydrogen-bond acceptors (Lipinski definition) is 3. The van der Waals surface area contributed by atoms with E-state index in [1.807, 2.05) is 25.1 Å². The van der Waals surface area contributed by atoms with Gasteiger partial charge in [0.2, 0.25) is 0 Å². The van der Waals surface area contributed by atoms with E-state index in [1.54, 1.807) is 6.20 Å². The molecule has 0 amide bonds. The molecular weight excluding hydrogens is 164 g/mol. The maximum absolute atomic E-state index is 8.78. The van der Waals surface area contributed by atoms with Gasteiger partial charge in [0.05, 0.1) is 5.69 Å². The van der Waals surface area contributed by atoms with Gasteiger partial charge in [-0.15, -0.1) is 0 Å². The summed E-state index contributed by atoms with van der Waals surface area (Å²) in [4.78, 5) is 4.18. The molecule has 0 spiro atoms. The molecule has 0 bridgehead atoms. The molecule has 1 aromatic rings. The zero-order valence-corrected chi connectivity index (χ0v) is 7.90. The predicted molar refractivity (Wildman–Crippen MR) is 52.2 cm³/mol. The third kappa shape index (κ3) is 4.01. The van der Waals surface area contributed by atoms with Crippen LogP contribution in [0.2, 0.25) is 0 Å². The first-order valence-corrected chi connectivity index (χ1v) is 4.54. The lowest BCUT2D eigenvalue weighted by atomic mass is 10.2. The Morgan fingerprint density at radius 3 is 3.00 bits per heavy atom. The predicted octanol–water partition coefficient (Wildman–Crippen LogP) is 0.800. The Morgan fingerprint density at radius 2 is 2.38 bits per heavy atom. The average molecular weight is 180 g/mol. The van der Waals surface area contributed by atoms with Crippen LogP contribution >= 0.6 is 0 Å². The molecule has 1 rings (SSSR count). The Balaban J connectivity index is 2.20. The van der Waals surface area contributed by atoms with Crippen LogP contribution in [0, 0.1) is 5.92 Å². The molecule has 1 heterocycles. The van der Waals surface area contributed by atoms with E-state index in [1.165, 1.54) is 0 Å². The van der Waals surface area contributed by atoms with E-state index in [2.05, 4.69) is 10.3 Å². The fraction of sp³-hybridized carbons (Fsp3) is 0.500. The minimum atomic E-state index is 0.231. The molecule has 0 aliphatic carbocycles. The van der Waals surface area contributed by atoms with Crippen molar-refractivity contribution in [3.63, 3.8) is 0 Å². The number of nitrogens with one attached hydrogen (secondary N) is 1. The highest BCUT2D eigenvalue weighted by atomic mass is 16.3. The van der Waals surface area contributed by atoms with Gasteiger partial charge < -0.3 is 10.4 Å². The van der Waals surface area contributed by atoms with E-state index in [0.29, 0.717) is 5.92 Å². The number of aliphatic hydroxyl groups is 1. The molecular formula is C10H16N2O. The standard InChI is InChI=1S/C10H16N2O/c1-9(8-13)6-11-7-10-4-2-3-5-12-10/h2-5,9,11,13H,6-8H2,1H3. The first kappa shape index (κ1) is 10.2. The van der Waals surface area contributed by atoms with Gasteiger partial charge >= 0.3 is 0 Å². The number of aromatic nitrogens is 1. The van der Waals surface area contributed by atoms with Crippen molar-refractivity contribution in [3.05, 3.63) is 30.1 Å². The van der Waals surface area contributed by atoms with E-state index in [-0.39, 0.29) is 6.61 Å². The van der Waals surface area contributed by atoms with Crippen molar-refractivity contribution in [1.82, 2.24) is 10.3 Å². The van der Waals surface area contributed by atoms with Crippen LogP contribution in [0.4, 0.5) is 0 Å². The van der Waals surface area contributed by atoms with Crippen LogP contribution in [0.15, 0.2) is 24.4 Å². The van der Waals surface area contributed by atoms with Crippen molar-refractivity contribution in [2.75, 3.05) is 13.2 Å². The van der Waals surface area contributed by atoms with Crippen LogP contribution in [0.25, 0.3) is 0 Å². The number of nitrogens with zero attached hydrogens (tertiary/aromatic N) is 1. The van der Waals surface area contributed by atoms with Gasteiger partial charge in [-0.3, -0.25) is 4.98 Å². The topological polar surface area (TPSA) is 45.1 Å². The molecule has 1 atom stereocenters. The van der Waals surface area contributed by atoms with Crippen molar-refractivity contribution in [2.24, 2.45) is 5.92 Å². The molecule has 72 valence electrons. The number of aliphatic hydroxyl groups excluding tert-OH is 1. The van der Waals surface area contributed by atoms with Crippen LogP contribution in [0.1, 0.15) is 12.6 Å². The molecule has 0 saturated heterocycles. The summed E-state index contributed by atoms with van der Waals surface area (Å²) in [7, 11) is 0. The molecule has 0 aliphatic heterocycles. The summed E-state index contributed by atoms with van der Waals surface area (Å²) < 4.78 is 0. The molecule has 3 nitrogen and oxygen atoms in total. The fourth-order valence-electron chi connectivity index (χ4n) is 1.01. The average Bonchev–Trinajstić information content (AvgIpc) is 2.19. The van der Waals surface area contributed by atoms with Crippen LogP contribution in [0.3, 0.4) is 0 Å². The van der Waals surface area contributed by atoms with Crippen molar-refractivity contribution < 1.29 is 5.11 Å². The van der Waals surface area contributed by atoms with Crippen LogP contribution in [-0.4, -0.2) is 23.2 Å². The third-order valence-corrected chi connectivity index (χ3v) is 1.84. The lowest BCUT2D eigenvalue weighted by Crippen LogP contribution is -2.23. The zero-order valence-electron chi connectivity index (χ0n) is 7.90.